The van der Waals surface area contributed by atoms with Crippen LogP contribution < -0.4 is 14.5 Å². The maximum absolute atomic E-state index is 12.7. The van der Waals surface area contributed by atoms with E-state index in [-0.39, 0.29) is 17.8 Å². The number of anilines is 2. The number of halogens is 6. The molecule has 0 radical (unpaired) electrons. The largest absolute Gasteiger partial charge is 0.508 e. The first-order valence-corrected chi connectivity index (χ1v) is 17.2. The summed E-state index contributed by atoms with van der Waals surface area (Å²) < 4.78 is 69.7. The van der Waals surface area contributed by atoms with Crippen LogP contribution in [-0.4, -0.2) is 150 Å². The Morgan fingerprint density at radius 1 is 0.875 bits per heavy atom. The van der Waals surface area contributed by atoms with E-state index in [2.05, 4.69) is 20.8 Å². The van der Waals surface area contributed by atoms with E-state index in [1.807, 2.05) is 75.3 Å². The number of likely N-dealkylation sites (N-methyl/N-ethyl adjacent to an activating group) is 2. The van der Waals surface area contributed by atoms with Crippen LogP contribution in [0.25, 0.3) is 10.8 Å². The third-order valence-electron chi connectivity index (χ3n) is 8.22. The van der Waals surface area contributed by atoms with Crippen molar-refractivity contribution in [1.82, 2.24) is 24.7 Å². The number of amides is 1. The molecule has 56 heavy (non-hydrogen) atoms. The van der Waals surface area contributed by atoms with Gasteiger partial charge in [0.25, 0.3) is 0 Å². The Labute approximate surface area is 319 Å². The third kappa shape index (κ3) is 13.4. The molecular formula is C36H45F6N7O7. The van der Waals surface area contributed by atoms with E-state index in [1.54, 1.807) is 12.1 Å². The molecule has 1 saturated heterocycles. The number of carbonyl (C=O) groups excluding carboxylic acids is 1. The Kier molecular flexibility index (Phi) is 15.7. The summed E-state index contributed by atoms with van der Waals surface area (Å²) in [5, 5.41) is 26.8. The first-order valence-electron chi connectivity index (χ1n) is 17.2. The molecule has 0 aliphatic carbocycles. The van der Waals surface area contributed by atoms with E-state index in [1.165, 1.54) is 0 Å². The Hall–Kier alpha value is -5.37. The van der Waals surface area contributed by atoms with Crippen LogP contribution in [0.3, 0.4) is 0 Å². The molecule has 3 N–H and O–H groups in total. The zero-order valence-electron chi connectivity index (χ0n) is 31.4. The zero-order chi connectivity index (χ0) is 42.0. The first-order chi connectivity index (χ1) is 26.1. The molecule has 2 aromatic carbocycles. The molecule has 14 nitrogen and oxygen atoms in total. The van der Waals surface area contributed by atoms with Gasteiger partial charge in [-0.3, -0.25) is 4.79 Å². The SMILES string of the molecule is C[C@H](CN(C)C)Oc1nc2c(c(N3CCN(C(=O)/C=C/CN(C)C)CC3)n1)CCN(c1cc(O)cc3ccccc13)C2.O=C(O)C(F)(F)F.O=C(O)C(F)(F)F. The van der Waals surface area contributed by atoms with Gasteiger partial charge in [-0.25, -0.2) is 9.59 Å². The number of carbonyl (C=O) groups is 3. The summed E-state index contributed by atoms with van der Waals surface area (Å²) >= 11 is 0. The topological polar surface area (TPSA) is 163 Å². The van der Waals surface area contributed by atoms with Gasteiger partial charge in [0.1, 0.15) is 17.7 Å². The predicted molar refractivity (Wildman–Crippen MR) is 195 cm³/mol. The average Bonchev–Trinajstić information content (AvgIpc) is 3.10. The van der Waals surface area contributed by atoms with Gasteiger partial charge in [0, 0.05) is 74.6 Å². The quantitative estimate of drug-likeness (QED) is 0.208. The number of hydrogen-bond donors (Lipinski definition) is 3. The van der Waals surface area contributed by atoms with Gasteiger partial charge in [0.05, 0.1) is 12.2 Å². The van der Waals surface area contributed by atoms with Crippen LogP contribution >= 0.6 is 0 Å². The number of phenols is 1. The van der Waals surface area contributed by atoms with Crippen LogP contribution in [0.1, 0.15) is 18.2 Å². The molecule has 0 bridgehead atoms. The van der Waals surface area contributed by atoms with Crippen molar-refractivity contribution in [2.45, 2.75) is 38.3 Å². The van der Waals surface area contributed by atoms with Crippen LogP contribution in [0.2, 0.25) is 0 Å². The van der Waals surface area contributed by atoms with E-state index in [4.69, 9.17) is 34.5 Å². The van der Waals surface area contributed by atoms with Gasteiger partial charge in [0.2, 0.25) is 5.91 Å². The highest BCUT2D eigenvalue weighted by molar-refractivity contribution is 5.95. The summed E-state index contributed by atoms with van der Waals surface area (Å²) in [6, 6.07) is 12.2. The number of carboxylic acids is 2. The number of aromatic hydroxyl groups is 1. The second-order valence-electron chi connectivity index (χ2n) is 13.4. The maximum atomic E-state index is 12.7. The number of hydrogen-bond acceptors (Lipinski definition) is 11. The van der Waals surface area contributed by atoms with Crippen LogP contribution in [0.15, 0.2) is 48.6 Å². The van der Waals surface area contributed by atoms with Crippen LogP contribution in [0.4, 0.5) is 37.8 Å². The Balaban J connectivity index is 0.000000512. The highest BCUT2D eigenvalue weighted by atomic mass is 19.4. The van der Waals surface area contributed by atoms with Gasteiger partial charge in [0.15, 0.2) is 0 Å². The lowest BCUT2D eigenvalue weighted by Crippen LogP contribution is -2.49. The summed E-state index contributed by atoms with van der Waals surface area (Å²) in [5.41, 5.74) is 3.07. The second kappa shape index (κ2) is 19.5. The van der Waals surface area contributed by atoms with Crippen molar-refractivity contribution >= 4 is 40.1 Å². The first kappa shape index (κ1) is 45.0. The maximum Gasteiger partial charge on any atom is 0.490 e. The number of rotatable bonds is 9. The molecule has 1 atom stereocenters. The number of piperazine rings is 1. The third-order valence-corrected chi connectivity index (χ3v) is 8.22. The summed E-state index contributed by atoms with van der Waals surface area (Å²) in [7, 11) is 8.01. The van der Waals surface area contributed by atoms with E-state index in [9.17, 15) is 36.2 Å². The summed E-state index contributed by atoms with van der Waals surface area (Å²) in [4.78, 5) is 51.0. The number of aliphatic carboxylic acids is 2. The van der Waals surface area contributed by atoms with Crippen molar-refractivity contribution in [3.8, 4) is 11.8 Å². The number of carboxylic acid groups (broad SMARTS) is 2. The molecule has 3 heterocycles. The minimum absolute atomic E-state index is 0.0525. The Morgan fingerprint density at radius 3 is 2.02 bits per heavy atom. The number of aromatic nitrogens is 2. The molecule has 0 spiro atoms. The molecule has 5 rings (SSSR count). The van der Waals surface area contributed by atoms with E-state index >= 15 is 0 Å². The molecule has 0 saturated carbocycles. The van der Waals surface area contributed by atoms with Crippen LogP contribution in [0.5, 0.6) is 11.8 Å². The van der Waals surface area contributed by atoms with E-state index in [0.29, 0.717) is 38.7 Å². The Morgan fingerprint density at radius 2 is 1.46 bits per heavy atom. The molecule has 308 valence electrons. The zero-order valence-corrected chi connectivity index (χ0v) is 31.4. The number of phenolic OH excluding ortho intramolecular Hbond substituents is 1. The Bertz CT molecular complexity index is 1830. The summed E-state index contributed by atoms with van der Waals surface area (Å²) in [5.74, 6) is -4.30. The number of fused-ring (bicyclic) bond motifs is 2. The molecule has 1 aromatic heterocycles. The lowest BCUT2D eigenvalue weighted by atomic mass is 10.0. The number of benzene rings is 2. The average molecular weight is 802 g/mol. The van der Waals surface area contributed by atoms with Gasteiger partial charge in [-0.1, -0.05) is 30.3 Å². The van der Waals surface area contributed by atoms with Crippen LogP contribution in [0, 0.1) is 0 Å². The molecule has 2 aliphatic rings. The standard InChI is InChI=1S/C32H43N7O3.2C2HF3O2/c1-23(21-36(4)5)42-32-33-28-22-39(29-20-25(40)19-24-9-6-7-10-26(24)29)14-12-27(28)31(34-32)38-17-15-37(16-18-38)30(41)11-8-13-35(2)3;2*3-2(4,5)1(6)7/h6-11,19-20,23,40H,12-18,21-22H2,1-5H3;2*(H,6,7)/b11-8+;;/t23-;;/m1../s1. The number of ether oxygens (including phenoxy) is 1. The fourth-order valence-corrected chi connectivity index (χ4v) is 5.78. The van der Waals surface area contributed by atoms with Gasteiger partial charge in [-0.2, -0.15) is 36.3 Å². The van der Waals surface area contributed by atoms with Crippen molar-refractivity contribution in [2.24, 2.45) is 0 Å². The van der Waals surface area contributed by atoms with E-state index < -0.39 is 24.3 Å². The van der Waals surface area contributed by atoms with Gasteiger partial charge in [-0.05, 0) is 53.0 Å². The van der Waals surface area contributed by atoms with Crippen molar-refractivity contribution in [3.63, 3.8) is 0 Å². The highest BCUT2D eigenvalue weighted by Crippen LogP contribution is 2.36. The minimum atomic E-state index is -5.08. The van der Waals surface area contributed by atoms with Gasteiger partial charge >= 0.3 is 30.3 Å². The lowest BCUT2D eigenvalue weighted by molar-refractivity contribution is -0.193. The normalized spacial score (nSPS) is 15.2. The second-order valence-corrected chi connectivity index (χ2v) is 13.4. The molecule has 0 unspecified atom stereocenters. The fourth-order valence-electron chi connectivity index (χ4n) is 5.78. The van der Waals surface area contributed by atoms with Gasteiger partial charge < -0.3 is 44.6 Å². The van der Waals surface area contributed by atoms with Crippen molar-refractivity contribution in [3.05, 3.63) is 59.8 Å². The monoisotopic (exact) mass is 801 g/mol. The summed E-state index contributed by atoms with van der Waals surface area (Å²) in [6.07, 6.45) is -5.88. The van der Waals surface area contributed by atoms with Crippen molar-refractivity contribution in [1.29, 1.82) is 0 Å². The number of alkyl halides is 6. The highest BCUT2D eigenvalue weighted by Gasteiger charge is 2.39. The predicted octanol–water partition coefficient (Wildman–Crippen LogP) is 4.26. The smallest absolute Gasteiger partial charge is 0.490 e. The molecule has 1 fully saturated rings. The minimum Gasteiger partial charge on any atom is -0.508 e. The number of nitrogens with zero attached hydrogens (tertiary/aromatic N) is 7. The molecule has 20 heteroatoms. The molecular weight excluding hydrogens is 756 g/mol. The van der Waals surface area contributed by atoms with Crippen LogP contribution in [-0.2, 0) is 27.3 Å². The molecule has 2 aliphatic heterocycles. The summed E-state index contributed by atoms with van der Waals surface area (Å²) in [6.45, 7) is 7.56. The fraction of sp³-hybridized carbons (Fsp3) is 0.472. The van der Waals surface area contributed by atoms with Crippen molar-refractivity contribution < 1.29 is 60.8 Å². The van der Waals surface area contributed by atoms with Crippen molar-refractivity contribution in [2.75, 3.05) is 83.8 Å². The lowest BCUT2D eigenvalue weighted by Gasteiger charge is -2.38. The van der Waals surface area contributed by atoms with E-state index in [0.717, 1.165) is 59.6 Å². The molecule has 1 amide bonds. The van der Waals surface area contributed by atoms with Gasteiger partial charge in [-0.15, -0.1) is 0 Å². The molecule has 3 aromatic rings.